The lowest BCUT2D eigenvalue weighted by Gasteiger charge is -1.78. The van der Waals surface area contributed by atoms with Gasteiger partial charge in [0.1, 0.15) is 0 Å². The van der Waals surface area contributed by atoms with Gasteiger partial charge in [-0.1, -0.05) is 0 Å². The summed E-state index contributed by atoms with van der Waals surface area (Å²) in [6.45, 7) is 1.87. The van der Waals surface area contributed by atoms with Crippen LogP contribution in [0.25, 0.3) is 0 Å². The summed E-state index contributed by atoms with van der Waals surface area (Å²) in [6.07, 6.45) is 0.830. The average Bonchev–Trinajstić information content (AvgIpc) is 2.10. The number of anilines is 1. The second kappa shape index (κ2) is 2.19. The van der Waals surface area contributed by atoms with Crippen molar-refractivity contribution < 1.29 is 4.79 Å². The SMILES string of the molecule is Cc1cc(N)sc1C=O. The van der Waals surface area contributed by atoms with Crippen LogP contribution in [-0.4, -0.2) is 6.29 Å². The molecule has 48 valence electrons. The van der Waals surface area contributed by atoms with Gasteiger partial charge in [0, 0.05) is 0 Å². The van der Waals surface area contributed by atoms with Crippen LogP contribution in [0.3, 0.4) is 0 Å². The van der Waals surface area contributed by atoms with E-state index in [1.165, 1.54) is 11.3 Å². The van der Waals surface area contributed by atoms with E-state index in [1.54, 1.807) is 6.07 Å². The van der Waals surface area contributed by atoms with E-state index in [0.717, 1.165) is 16.7 Å². The summed E-state index contributed by atoms with van der Waals surface area (Å²) in [5.74, 6) is 0. The Morgan fingerprint density at radius 2 is 2.44 bits per heavy atom. The Bertz CT molecular complexity index is 229. The van der Waals surface area contributed by atoms with Gasteiger partial charge >= 0.3 is 0 Å². The highest BCUT2D eigenvalue weighted by atomic mass is 32.1. The van der Waals surface area contributed by atoms with Gasteiger partial charge in [-0.05, 0) is 18.6 Å². The Kier molecular flexibility index (Phi) is 1.53. The first kappa shape index (κ1) is 6.29. The van der Waals surface area contributed by atoms with Crippen molar-refractivity contribution in [1.29, 1.82) is 0 Å². The molecule has 0 aromatic carbocycles. The second-order valence-corrected chi connectivity index (χ2v) is 2.93. The van der Waals surface area contributed by atoms with Crippen LogP contribution in [0.4, 0.5) is 5.00 Å². The molecule has 0 saturated heterocycles. The Morgan fingerprint density at radius 1 is 1.78 bits per heavy atom. The maximum atomic E-state index is 10.2. The standard InChI is InChI=1S/C6H7NOS/c1-4-2-6(7)9-5(4)3-8/h2-3H,7H2,1H3. The van der Waals surface area contributed by atoms with Gasteiger partial charge in [0.25, 0.3) is 0 Å². The minimum atomic E-state index is 0.703. The zero-order valence-electron chi connectivity index (χ0n) is 5.05. The molecule has 0 saturated carbocycles. The largest absolute Gasteiger partial charge is 0.391 e. The Hall–Kier alpha value is -0.830. The van der Waals surface area contributed by atoms with Gasteiger partial charge in [-0.25, -0.2) is 0 Å². The van der Waals surface area contributed by atoms with Gasteiger partial charge in [0.2, 0.25) is 0 Å². The summed E-state index contributed by atoms with van der Waals surface area (Å²) < 4.78 is 0. The minimum Gasteiger partial charge on any atom is -0.391 e. The highest BCUT2D eigenvalue weighted by molar-refractivity contribution is 7.17. The molecule has 0 aliphatic heterocycles. The zero-order valence-corrected chi connectivity index (χ0v) is 5.87. The van der Waals surface area contributed by atoms with E-state index in [0.29, 0.717) is 5.00 Å². The van der Waals surface area contributed by atoms with E-state index < -0.39 is 0 Å². The lowest BCUT2D eigenvalue weighted by Crippen LogP contribution is -1.73. The second-order valence-electron chi connectivity index (χ2n) is 1.81. The molecule has 0 unspecified atom stereocenters. The van der Waals surface area contributed by atoms with Crippen LogP contribution in [0.1, 0.15) is 15.2 Å². The van der Waals surface area contributed by atoms with Crippen LogP contribution < -0.4 is 5.73 Å². The number of hydrogen-bond donors (Lipinski definition) is 1. The number of nitrogen functional groups attached to an aromatic ring is 1. The van der Waals surface area contributed by atoms with Crippen LogP contribution >= 0.6 is 11.3 Å². The molecule has 1 heterocycles. The number of carbonyl (C=O) groups excluding carboxylic acids is 1. The Labute approximate surface area is 57.3 Å². The molecule has 0 aliphatic carbocycles. The maximum Gasteiger partial charge on any atom is 0.160 e. The van der Waals surface area contributed by atoms with E-state index in [-0.39, 0.29) is 0 Å². The first-order chi connectivity index (χ1) is 4.24. The summed E-state index contributed by atoms with van der Waals surface area (Å²) >= 11 is 1.32. The topological polar surface area (TPSA) is 43.1 Å². The molecule has 1 aromatic heterocycles. The van der Waals surface area contributed by atoms with Crippen molar-refractivity contribution in [3.05, 3.63) is 16.5 Å². The van der Waals surface area contributed by atoms with Crippen LogP contribution in [-0.2, 0) is 0 Å². The van der Waals surface area contributed by atoms with E-state index >= 15 is 0 Å². The molecule has 0 fully saturated rings. The predicted molar refractivity (Wildman–Crippen MR) is 38.9 cm³/mol. The predicted octanol–water partition coefficient (Wildman–Crippen LogP) is 1.45. The smallest absolute Gasteiger partial charge is 0.160 e. The van der Waals surface area contributed by atoms with Crippen molar-refractivity contribution in [2.75, 3.05) is 5.73 Å². The number of nitrogens with two attached hydrogens (primary N) is 1. The lowest BCUT2D eigenvalue weighted by atomic mass is 10.3. The third-order valence-electron chi connectivity index (χ3n) is 1.08. The summed E-state index contributed by atoms with van der Waals surface area (Å²) in [4.78, 5) is 10.9. The highest BCUT2D eigenvalue weighted by Gasteiger charge is 1.99. The number of aldehydes is 1. The average molecular weight is 141 g/mol. The molecular weight excluding hydrogens is 134 g/mol. The normalized spacial score (nSPS) is 9.44. The first-order valence-corrected chi connectivity index (χ1v) is 3.37. The number of thiophene rings is 1. The quantitative estimate of drug-likeness (QED) is 0.601. The molecule has 2 N–H and O–H groups in total. The summed E-state index contributed by atoms with van der Waals surface area (Å²) in [6, 6.07) is 1.80. The van der Waals surface area contributed by atoms with Crippen molar-refractivity contribution in [2.24, 2.45) is 0 Å². The van der Waals surface area contributed by atoms with Crippen LogP contribution in [0.2, 0.25) is 0 Å². The van der Waals surface area contributed by atoms with Crippen LogP contribution in [0.15, 0.2) is 6.07 Å². The molecule has 2 nitrogen and oxygen atoms in total. The number of carbonyl (C=O) groups is 1. The molecule has 0 spiro atoms. The molecular formula is C6H7NOS. The third-order valence-corrected chi connectivity index (χ3v) is 2.07. The molecule has 3 heteroatoms. The summed E-state index contributed by atoms with van der Waals surface area (Å²) in [5.41, 5.74) is 6.38. The van der Waals surface area contributed by atoms with E-state index in [4.69, 9.17) is 5.73 Å². The molecule has 0 atom stereocenters. The first-order valence-electron chi connectivity index (χ1n) is 2.55. The van der Waals surface area contributed by atoms with Gasteiger partial charge < -0.3 is 5.73 Å². The monoisotopic (exact) mass is 141 g/mol. The van der Waals surface area contributed by atoms with Gasteiger partial charge in [-0.15, -0.1) is 11.3 Å². The van der Waals surface area contributed by atoms with Gasteiger partial charge in [0.15, 0.2) is 6.29 Å². The number of aryl methyl sites for hydroxylation is 1. The van der Waals surface area contributed by atoms with Gasteiger partial charge in [-0.3, -0.25) is 4.79 Å². The third kappa shape index (κ3) is 1.10. The molecule has 0 radical (unpaired) electrons. The maximum absolute atomic E-state index is 10.2. The zero-order chi connectivity index (χ0) is 6.85. The fourth-order valence-electron chi connectivity index (χ4n) is 0.638. The fraction of sp³-hybridized carbons (Fsp3) is 0.167. The van der Waals surface area contributed by atoms with Gasteiger partial charge in [-0.2, -0.15) is 0 Å². The molecule has 1 rings (SSSR count). The molecule has 0 amide bonds. The van der Waals surface area contributed by atoms with Crippen molar-refractivity contribution in [3.8, 4) is 0 Å². The van der Waals surface area contributed by atoms with E-state index in [2.05, 4.69) is 0 Å². The molecule has 0 bridgehead atoms. The van der Waals surface area contributed by atoms with E-state index in [9.17, 15) is 4.79 Å². The van der Waals surface area contributed by atoms with Crippen LogP contribution in [0, 0.1) is 6.92 Å². The number of rotatable bonds is 1. The lowest BCUT2D eigenvalue weighted by molar-refractivity contribution is 0.112. The molecule has 1 aromatic rings. The van der Waals surface area contributed by atoms with Crippen molar-refractivity contribution in [2.45, 2.75) is 6.92 Å². The highest BCUT2D eigenvalue weighted by Crippen LogP contribution is 2.21. The van der Waals surface area contributed by atoms with Crippen molar-refractivity contribution in [3.63, 3.8) is 0 Å². The Balaban J connectivity index is 3.15. The van der Waals surface area contributed by atoms with Crippen molar-refractivity contribution >= 4 is 22.6 Å². The summed E-state index contributed by atoms with van der Waals surface area (Å²) in [5, 5.41) is 0.703. The molecule has 0 aliphatic rings. The minimum absolute atomic E-state index is 0.703. The fourth-order valence-corrected chi connectivity index (χ4v) is 1.40. The molecule has 9 heavy (non-hydrogen) atoms. The van der Waals surface area contributed by atoms with E-state index in [1.807, 2.05) is 6.92 Å². The Morgan fingerprint density at radius 3 is 2.67 bits per heavy atom. The number of hydrogen-bond acceptors (Lipinski definition) is 3. The van der Waals surface area contributed by atoms with Crippen LogP contribution in [0.5, 0.6) is 0 Å². The summed E-state index contributed by atoms with van der Waals surface area (Å²) in [7, 11) is 0. The van der Waals surface area contributed by atoms with Gasteiger partial charge in [0.05, 0.1) is 9.88 Å². The van der Waals surface area contributed by atoms with Crippen molar-refractivity contribution in [1.82, 2.24) is 0 Å².